The molecule has 1 N–H and O–H groups in total. The number of hydrogen-bond acceptors (Lipinski definition) is 5. The van der Waals surface area contributed by atoms with Crippen LogP contribution >= 0.6 is 0 Å². The number of aromatic nitrogens is 4. The average molecular weight is 353 g/mol. The molecule has 0 radical (unpaired) electrons. The largest absolute Gasteiger partial charge is 0.497 e. The zero-order valence-corrected chi connectivity index (χ0v) is 15.3. The molecule has 0 spiro atoms. The molecule has 3 aromatic rings. The second-order valence-corrected chi connectivity index (χ2v) is 6.18. The van der Waals surface area contributed by atoms with Crippen molar-refractivity contribution < 1.29 is 9.53 Å². The van der Waals surface area contributed by atoms with Gasteiger partial charge in [0.25, 0.3) is 5.78 Å². The number of carbonyl (C=O) groups excluding carboxylic acids is 1. The Morgan fingerprint density at radius 3 is 2.69 bits per heavy atom. The number of fused-ring (bicyclic) bond motifs is 1. The third-order valence-electron chi connectivity index (χ3n) is 4.49. The maximum atomic E-state index is 12.2. The van der Waals surface area contributed by atoms with Crippen molar-refractivity contribution in [2.75, 3.05) is 13.7 Å². The highest BCUT2D eigenvalue weighted by Gasteiger charge is 2.12. The SMILES string of the molecule is COc1ccc(CCNC(=O)CCc2c(C)nc3ncnn3c2C)cc1. The zero-order chi connectivity index (χ0) is 18.5. The van der Waals surface area contributed by atoms with E-state index in [1.807, 2.05) is 38.1 Å². The first kappa shape index (κ1) is 17.8. The summed E-state index contributed by atoms with van der Waals surface area (Å²) in [7, 11) is 1.65. The fraction of sp³-hybridized carbons (Fsp3) is 0.368. The van der Waals surface area contributed by atoms with E-state index in [0.717, 1.165) is 29.1 Å². The molecule has 0 aliphatic heterocycles. The summed E-state index contributed by atoms with van der Waals surface area (Å²) in [6.45, 7) is 4.54. The average Bonchev–Trinajstić information content (AvgIpc) is 3.10. The van der Waals surface area contributed by atoms with Crippen LogP contribution in [-0.4, -0.2) is 39.1 Å². The van der Waals surface area contributed by atoms with Gasteiger partial charge in [0, 0.05) is 24.4 Å². The Balaban J connectivity index is 1.51. The Hall–Kier alpha value is -2.96. The minimum absolute atomic E-state index is 0.0380. The number of nitrogens with one attached hydrogen (secondary N) is 1. The Bertz CT molecular complexity index is 902. The molecule has 2 aromatic heterocycles. The van der Waals surface area contributed by atoms with E-state index in [2.05, 4.69) is 20.4 Å². The van der Waals surface area contributed by atoms with Crippen molar-refractivity contribution in [2.45, 2.75) is 33.1 Å². The van der Waals surface area contributed by atoms with Crippen LogP contribution in [0.15, 0.2) is 30.6 Å². The van der Waals surface area contributed by atoms with E-state index in [9.17, 15) is 4.79 Å². The Morgan fingerprint density at radius 1 is 1.19 bits per heavy atom. The van der Waals surface area contributed by atoms with Gasteiger partial charge in [-0.3, -0.25) is 4.79 Å². The summed E-state index contributed by atoms with van der Waals surface area (Å²) < 4.78 is 6.85. The van der Waals surface area contributed by atoms with Gasteiger partial charge in [0.1, 0.15) is 12.1 Å². The first-order chi connectivity index (χ1) is 12.6. The molecule has 1 amide bonds. The molecule has 1 aromatic carbocycles. The number of ether oxygens (including phenoxy) is 1. The van der Waals surface area contributed by atoms with Gasteiger partial charge in [0.15, 0.2) is 0 Å². The summed E-state index contributed by atoms with van der Waals surface area (Å²) >= 11 is 0. The lowest BCUT2D eigenvalue weighted by Gasteiger charge is -2.10. The van der Waals surface area contributed by atoms with Gasteiger partial charge < -0.3 is 10.1 Å². The molecule has 3 rings (SSSR count). The summed E-state index contributed by atoms with van der Waals surface area (Å²) in [5.41, 5.74) is 4.09. The highest BCUT2D eigenvalue weighted by molar-refractivity contribution is 5.76. The molecular formula is C19H23N5O2. The lowest BCUT2D eigenvalue weighted by molar-refractivity contribution is -0.121. The van der Waals surface area contributed by atoms with Crippen LogP contribution in [0.1, 0.15) is 28.9 Å². The lowest BCUT2D eigenvalue weighted by Crippen LogP contribution is -2.26. The lowest BCUT2D eigenvalue weighted by atomic mass is 10.1. The minimum atomic E-state index is 0.0380. The molecule has 0 unspecified atom stereocenters. The van der Waals surface area contributed by atoms with E-state index < -0.39 is 0 Å². The summed E-state index contributed by atoms with van der Waals surface area (Å²) in [5, 5.41) is 7.15. The van der Waals surface area contributed by atoms with Crippen LogP contribution in [0.25, 0.3) is 5.78 Å². The van der Waals surface area contributed by atoms with Crippen LogP contribution in [-0.2, 0) is 17.6 Å². The van der Waals surface area contributed by atoms with Crippen LogP contribution in [0.5, 0.6) is 5.75 Å². The maximum absolute atomic E-state index is 12.2. The van der Waals surface area contributed by atoms with Gasteiger partial charge in [-0.15, -0.1) is 0 Å². The molecule has 7 nitrogen and oxygen atoms in total. The number of carbonyl (C=O) groups is 1. The molecule has 0 aliphatic rings. The number of methoxy groups -OCH3 is 1. The fourth-order valence-corrected chi connectivity index (χ4v) is 2.98. The molecule has 0 saturated heterocycles. The van der Waals surface area contributed by atoms with E-state index in [4.69, 9.17) is 4.74 Å². The second kappa shape index (κ2) is 7.95. The van der Waals surface area contributed by atoms with Gasteiger partial charge in [-0.1, -0.05) is 12.1 Å². The smallest absolute Gasteiger partial charge is 0.252 e. The number of rotatable bonds is 7. The van der Waals surface area contributed by atoms with E-state index in [1.165, 1.54) is 11.9 Å². The molecule has 0 bridgehead atoms. The number of nitrogens with zero attached hydrogens (tertiary/aromatic N) is 4. The fourth-order valence-electron chi connectivity index (χ4n) is 2.98. The maximum Gasteiger partial charge on any atom is 0.252 e. The zero-order valence-electron chi connectivity index (χ0n) is 15.3. The van der Waals surface area contributed by atoms with E-state index >= 15 is 0 Å². The predicted molar refractivity (Wildman–Crippen MR) is 98.3 cm³/mol. The molecule has 0 aliphatic carbocycles. The molecule has 2 heterocycles. The molecule has 136 valence electrons. The highest BCUT2D eigenvalue weighted by atomic mass is 16.5. The topological polar surface area (TPSA) is 81.4 Å². The minimum Gasteiger partial charge on any atom is -0.497 e. The Kier molecular flexibility index (Phi) is 5.46. The van der Waals surface area contributed by atoms with Crippen molar-refractivity contribution in [3.8, 4) is 5.75 Å². The van der Waals surface area contributed by atoms with Crippen LogP contribution in [0.4, 0.5) is 0 Å². The van der Waals surface area contributed by atoms with Crippen LogP contribution in [0, 0.1) is 13.8 Å². The molecule has 0 fully saturated rings. The van der Waals surface area contributed by atoms with Crippen LogP contribution in [0.2, 0.25) is 0 Å². The monoisotopic (exact) mass is 353 g/mol. The summed E-state index contributed by atoms with van der Waals surface area (Å²) in [6, 6.07) is 7.87. The summed E-state index contributed by atoms with van der Waals surface area (Å²) in [4.78, 5) is 20.7. The Labute approximate surface area is 152 Å². The van der Waals surface area contributed by atoms with Gasteiger partial charge in [-0.25, -0.2) is 9.50 Å². The van der Waals surface area contributed by atoms with Gasteiger partial charge in [0.05, 0.1) is 7.11 Å². The van der Waals surface area contributed by atoms with Crippen molar-refractivity contribution in [1.82, 2.24) is 24.9 Å². The van der Waals surface area contributed by atoms with Gasteiger partial charge in [-0.2, -0.15) is 10.1 Å². The van der Waals surface area contributed by atoms with Crippen molar-refractivity contribution in [1.29, 1.82) is 0 Å². The van der Waals surface area contributed by atoms with Crippen LogP contribution in [0.3, 0.4) is 0 Å². The predicted octanol–water partition coefficient (Wildman–Crippen LogP) is 2.04. The van der Waals surface area contributed by atoms with Crippen LogP contribution < -0.4 is 10.1 Å². The van der Waals surface area contributed by atoms with E-state index in [-0.39, 0.29) is 5.91 Å². The van der Waals surface area contributed by atoms with E-state index in [1.54, 1.807) is 11.6 Å². The first-order valence-corrected chi connectivity index (χ1v) is 8.64. The highest BCUT2D eigenvalue weighted by Crippen LogP contribution is 2.15. The quantitative estimate of drug-likeness (QED) is 0.703. The van der Waals surface area contributed by atoms with E-state index in [0.29, 0.717) is 25.2 Å². The standard InChI is InChI=1S/C19H23N5O2/c1-13-17(14(2)24-19(23-13)21-12-22-24)8-9-18(25)20-11-10-15-4-6-16(26-3)7-5-15/h4-7,12H,8-11H2,1-3H3,(H,20,25). The Morgan fingerprint density at radius 2 is 1.96 bits per heavy atom. The summed E-state index contributed by atoms with van der Waals surface area (Å²) in [5.74, 6) is 1.46. The third kappa shape index (κ3) is 3.99. The summed E-state index contributed by atoms with van der Waals surface area (Å²) in [6.07, 6.45) is 3.34. The third-order valence-corrected chi connectivity index (χ3v) is 4.49. The second-order valence-electron chi connectivity index (χ2n) is 6.18. The first-order valence-electron chi connectivity index (χ1n) is 8.64. The van der Waals surface area contributed by atoms with Crippen molar-refractivity contribution in [2.24, 2.45) is 0 Å². The number of hydrogen-bond donors (Lipinski definition) is 1. The van der Waals surface area contributed by atoms with Crippen molar-refractivity contribution in [3.63, 3.8) is 0 Å². The molecule has 0 atom stereocenters. The number of benzene rings is 1. The molecule has 7 heteroatoms. The van der Waals surface area contributed by atoms with Crippen molar-refractivity contribution >= 4 is 11.7 Å². The van der Waals surface area contributed by atoms with Gasteiger partial charge in [0.2, 0.25) is 5.91 Å². The van der Waals surface area contributed by atoms with Crippen molar-refractivity contribution in [3.05, 3.63) is 53.1 Å². The number of amides is 1. The van der Waals surface area contributed by atoms with Gasteiger partial charge in [-0.05, 0) is 49.9 Å². The normalized spacial score (nSPS) is 10.9. The van der Waals surface area contributed by atoms with Gasteiger partial charge >= 0.3 is 0 Å². The molecule has 0 saturated carbocycles. The molecule has 26 heavy (non-hydrogen) atoms. The number of aryl methyl sites for hydroxylation is 2. The molecular weight excluding hydrogens is 330 g/mol.